The molecule has 3 rings (SSSR count). The number of thioether (sulfide) groups is 1. The lowest BCUT2D eigenvalue weighted by Gasteiger charge is -2.03. The van der Waals surface area contributed by atoms with Gasteiger partial charge in [0, 0.05) is 9.92 Å². The van der Waals surface area contributed by atoms with Crippen LogP contribution in [0.5, 0.6) is 0 Å². The van der Waals surface area contributed by atoms with E-state index in [0.717, 1.165) is 14.9 Å². The molecule has 0 fully saturated rings. The average molecular weight is 337 g/mol. The summed E-state index contributed by atoms with van der Waals surface area (Å²) >= 11 is 13.4. The second-order valence-electron chi connectivity index (χ2n) is 3.33. The van der Waals surface area contributed by atoms with Crippen LogP contribution in [-0.4, -0.2) is 21.8 Å². The monoisotopic (exact) mass is 336 g/mol. The molecule has 0 N–H and O–H groups in total. The van der Waals surface area contributed by atoms with Crippen LogP contribution in [0.2, 0.25) is 5.02 Å². The molecular formula is C10H6Cl2N2OS3. The molecule has 18 heavy (non-hydrogen) atoms. The van der Waals surface area contributed by atoms with Crippen LogP contribution in [0.3, 0.4) is 0 Å². The van der Waals surface area contributed by atoms with E-state index in [4.69, 9.17) is 27.4 Å². The predicted molar refractivity (Wildman–Crippen MR) is 84.2 cm³/mol. The minimum absolute atomic E-state index is 0.430. The van der Waals surface area contributed by atoms with Crippen LogP contribution >= 0.6 is 55.7 Å². The maximum atomic E-state index is 5.90. The third kappa shape index (κ3) is 2.72. The summed E-state index contributed by atoms with van der Waals surface area (Å²) in [6.45, 7) is 0. The van der Waals surface area contributed by atoms with E-state index in [9.17, 15) is 0 Å². The second-order valence-corrected chi connectivity index (χ2v) is 7.88. The number of hydrogen-bond acceptors (Lipinski definition) is 5. The van der Waals surface area contributed by atoms with E-state index in [0.29, 0.717) is 16.8 Å². The minimum Gasteiger partial charge on any atom is -0.403 e. The molecule has 1 aromatic rings. The molecule has 2 aliphatic rings. The largest absolute Gasteiger partial charge is 0.403 e. The van der Waals surface area contributed by atoms with Crippen molar-refractivity contribution >= 4 is 71.8 Å². The SMILES string of the molecule is ClC1=NSS2=C1N=C(CSc1ccc(Cl)cc1)O2. The fourth-order valence-corrected chi connectivity index (χ4v) is 5.26. The second kappa shape index (κ2) is 5.46. The molecule has 8 heteroatoms. The molecule has 2 aliphatic heterocycles. The molecule has 0 radical (unpaired) electrons. The van der Waals surface area contributed by atoms with Crippen molar-refractivity contribution in [2.24, 2.45) is 9.39 Å². The molecule has 1 aromatic carbocycles. The van der Waals surface area contributed by atoms with E-state index in [1.54, 1.807) is 11.8 Å². The number of benzene rings is 1. The molecule has 0 aromatic heterocycles. The molecule has 0 bridgehead atoms. The summed E-state index contributed by atoms with van der Waals surface area (Å²) in [7, 11) is 0.902. The summed E-state index contributed by atoms with van der Waals surface area (Å²) < 4.78 is 9.66. The Hall–Kier alpha value is -0.140. The fraction of sp³-hybridized carbons (Fsp3) is 0.100. The van der Waals surface area contributed by atoms with E-state index < -0.39 is 9.80 Å². The van der Waals surface area contributed by atoms with Gasteiger partial charge in [-0.15, -0.1) is 11.8 Å². The Bertz CT molecular complexity index is 583. The Morgan fingerprint density at radius 1 is 1.28 bits per heavy atom. The van der Waals surface area contributed by atoms with Crippen LogP contribution < -0.4 is 0 Å². The molecular weight excluding hydrogens is 331 g/mol. The van der Waals surface area contributed by atoms with Gasteiger partial charge >= 0.3 is 0 Å². The lowest BCUT2D eigenvalue weighted by Crippen LogP contribution is -2.03. The maximum absolute atomic E-state index is 5.90. The van der Waals surface area contributed by atoms with E-state index in [-0.39, 0.29) is 0 Å². The highest BCUT2D eigenvalue weighted by Crippen LogP contribution is 2.44. The summed E-state index contributed by atoms with van der Waals surface area (Å²) in [4.78, 5) is 6.24. The van der Waals surface area contributed by atoms with Gasteiger partial charge in [-0.2, -0.15) is 4.40 Å². The van der Waals surface area contributed by atoms with Crippen molar-refractivity contribution in [1.29, 1.82) is 0 Å². The van der Waals surface area contributed by atoms with Crippen LogP contribution in [0, 0.1) is 0 Å². The number of hydrogen-bond donors (Lipinski definition) is 0. The quantitative estimate of drug-likeness (QED) is 0.355. The summed E-state index contributed by atoms with van der Waals surface area (Å²) in [6.07, 6.45) is 0. The highest BCUT2D eigenvalue weighted by atomic mass is 35.5. The summed E-state index contributed by atoms with van der Waals surface area (Å²) in [6, 6.07) is 7.68. The van der Waals surface area contributed by atoms with Crippen LogP contribution in [0.25, 0.3) is 0 Å². The molecule has 2 heterocycles. The van der Waals surface area contributed by atoms with Crippen LogP contribution in [-0.2, 0) is 4.18 Å². The van der Waals surface area contributed by atoms with Gasteiger partial charge in [-0.3, -0.25) is 0 Å². The zero-order chi connectivity index (χ0) is 12.5. The van der Waals surface area contributed by atoms with E-state index >= 15 is 0 Å². The normalized spacial score (nSPS) is 21.4. The van der Waals surface area contributed by atoms with Crippen molar-refractivity contribution in [3.63, 3.8) is 0 Å². The van der Waals surface area contributed by atoms with Crippen molar-refractivity contribution in [1.82, 2.24) is 0 Å². The Labute approximate surface area is 125 Å². The first-order chi connectivity index (χ1) is 8.72. The number of rotatable bonds is 3. The number of nitrogens with zero attached hydrogens (tertiary/aromatic N) is 2. The predicted octanol–water partition coefficient (Wildman–Crippen LogP) is 4.39. The van der Waals surface area contributed by atoms with Crippen molar-refractivity contribution in [3.05, 3.63) is 29.3 Å². The fourth-order valence-electron chi connectivity index (χ4n) is 1.30. The van der Waals surface area contributed by atoms with Gasteiger partial charge in [0.2, 0.25) is 5.90 Å². The maximum Gasteiger partial charge on any atom is 0.216 e. The van der Waals surface area contributed by atoms with Gasteiger partial charge in [-0.1, -0.05) is 23.2 Å². The summed E-state index contributed by atoms with van der Waals surface area (Å²) in [5.74, 6) is 1.38. The lowest BCUT2D eigenvalue weighted by atomic mass is 10.4. The Balaban J connectivity index is 1.61. The van der Waals surface area contributed by atoms with E-state index in [2.05, 4.69) is 9.39 Å². The first-order valence-electron chi connectivity index (χ1n) is 4.89. The third-order valence-electron chi connectivity index (χ3n) is 2.09. The first kappa shape index (κ1) is 12.9. The Kier molecular flexibility index (Phi) is 3.91. The van der Waals surface area contributed by atoms with Gasteiger partial charge in [-0.25, -0.2) is 4.99 Å². The van der Waals surface area contributed by atoms with Gasteiger partial charge in [-0.05, 0) is 24.3 Å². The number of halogens is 2. The molecule has 0 saturated heterocycles. The van der Waals surface area contributed by atoms with Crippen molar-refractivity contribution in [3.8, 4) is 0 Å². The van der Waals surface area contributed by atoms with Gasteiger partial charge in [0.15, 0.2) is 10.2 Å². The molecule has 1 unspecified atom stereocenters. The highest BCUT2D eigenvalue weighted by molar-refractivity contribution is 8.82. The van der Waals surface area contributed by atoms with Gasteiger partial charge in [0.1, 0.15) is 9.80 Å². The van der Waals surface area contributed by atoms with Crippen LogP contribution in [0.4, 0.5) is 0 Å². The van der Waals surface area contributed by atoms with Gasteiger partial charge in [0.05, 0.1) is 16.7 Å². The van der Waals surface area contributed by atoms with Crippen LogP contribution in [0.1, 0.15) is 0 Å². The lowest BCUT2D eigenvalue weighted by molar-refractivity contribution is 0.656. The first-order valence-corrected chi connectivity index (χ1v) is 9.07. The molecule has 0 saturated carbocycles. The summed E-state index contributed by atoms with van der Waals surface area (Å²) in [5.41, 5.74) is 0. The zero-order valence-corrected chi connectivity index (χ0v) is 12.8. The molecule has 0 aliphatic carbocycles. The molecule has 0 amide bonds. The highest BCUT2D eigenvalue weighted by Gasteiger charge is 2.27. The van der Waals surface area contributed by atoms with Crippen molar-refractivity contribution in [2.45, 2.75) is 4.90 Å². The van der Waals surface area contributed by atoms with E-state index in [1.165, 1.54) is 11.0 Å². The van der Waals surface area contributed by atoms with Gasteiger partial charge in [0.25, 0.3) is 0 Å². The molecule has 3 nitrogen and oxygen atoms in total. The smallest absolute Gasteiger partial charge is 0.216 e. The third-order valence-corrected chi connectivity index (χ3v) is 6.46. The Morgan fingerprint density at radius 3 is 2.78 bits per heavy atom. The zero-order valence-electron chi connectivity index (χ0n) is 8.80. The van der Waals surface area contributed by atoms with Gasteiger partial charge < -0.3 is 4.18 Å². The average Bonchev–Trinajstić information content (AvgIpc) is 2.91. The molecule has 1 atom stereocenters. The number of aliphatic imine (C=N–C) groups is 1. The topological polar surface area (TPSA) is 34.0 Å². The standard InChI is InChI=1S/C10H6Cl2N2OS3/c11-6-1-3-7(4-2-6)16-5-8-13-10-9(12)14-17-18(10)15-8/h1-4H,5H2. The van der Waals surface area contributed by atoms with Crippen molar-refractivity contribution in [2.75, 3.05) is 5.75 Å². The molecule has 0 spiro atoms. The van der Waals surface area contributed by atoms with Crippen LogP contribution in [0.15, 0.2) is 38.6 Å². The molecule has 94 valence electrons. The van der Waals surface area contributed by atoms with Crippen molar-refractivity contribution < 1.29 is 4.18 Å². The summed E-state index contributed by atoms with van der Waals surface area (Å²) in [5, 5.41) is 1.19. The van der Waals surface area contributed by atoms with E-state index in [1.807, 2.05) is 24.3 Å². The Morgan fingerprint density at radius 2 is 2.06 bits per heavy atom. The minimum atomic E-state index is -0.430.